The van der Waals surface area contributed by atoms with Crippen LogP contribution in [-0.2, 0) is 14.6 Å². The molecule has 0 radical (unpaired) electrons. The Balaban J connectivity index is 2.03. The van der Waals surface area contributed by atoms with E-state index in [9.17, 15) is 13.2 Å². The van der Waals surface area contributed by atoms with Gasteiger partial charge in [-0.15, -0.1) is 0 Å². The summed E-state index contributed by atoms with van der Waals surface area (Å²) in [5.74, 6) is -0.961. The highest BCUT2D eigenvalue weighted by Crippen LogP contribution is 2.23. The lowest BCUT2D eigenvalue weighted by molar-refractivity contribution is -0.124. The number of hydrazone groups is 1. The number of halogens is 2. The fraction of sp³-hybridized carbons (Fsp3) is 0.385. The van der Waals surface area contributed by atoms with Crippen molar-refractivity contribution < 1.29 is 13.2 Å². The molecule has 1 heterocycles. The van der Waals surface area contributed by atoms with Gasteiger partial charge in [0, 0.05) is 0 Å². The molecular formula is C13H14Cl2N2O3S. The van der Waals surface area contributed by atoms with Gasteiger partial charge in [0.2, 0.25) is 5.91 Å². The molecule has 5 nitrogen and oxygen atoms in total. The number of hydrogen-bond donors (Lipinski definition) is 1. The number of carbonyl (C=O) groups excluding carboxylic acids is 1. The lowest BCUT2D eigenvalue weighted by Crippen LogP contribution is -2.28. The number of amides is 1. The topological polar surface area (TPSA) is 75.6 Å². The minimum Gasteiger partial charge on any atom is -0.273 e. The quantitative estimate of drug-likeness (QED) is 0.672. The van der Waals surface area contributed by atoms with E-state index >= 15 is 0 Å². The summed E-state index contributed by atoms with van der Waals surface area (Å²) in [6.45, 7) is 1.71. The molecule has 0 aromatic heterocycles. The number of carbonyl (C=O) groups is 1. The van der Waals surface area contributed by atoms with Gasteiger partial charge in [0.1, 0.15) is 0 Å². The summed E-state index contributed by atoms with van der Waals surface area (Å²) < 4.78 is 22.7. The summed E-state index contributed by atoms with van der Waals surface area (Å²) in [4.78, 5) is 11.9. The van der Waals surface area contributed by atoms with Crippen molar-refractivity contribution in [2.75, 3.05) is 11.5 Å². The van der Waals surface area contributed by atoms with E-state index in [-0.39, 0.29) is 17.4 Å². The van der Waals surface area contributed by atoms with E-state index in [1.807, 2.05) is 0 Å². The molecule has 1 aromatic rings. The number of nitrogens with one attached hydrogen (secondary N) is 1. The second kappa shape index (κ2) is 6.34. The first-order valence-corrected chi connectivity index (χ1v) is 8.86. The van der Waals surface area contributed by atoms with Crippen molar-refractivity contribution in [2.24, 2.45) is 11.0 Å². The van der Waals surface area contributed by atoms with Gasteiger partial charge in [0.05, 0.1) is 33.2 Å². The maximum absolute atomic E-state index is 11.9. The molecule has 2 rings (SSSR count). The van der Waals surface area contributed by atoms with Crippen LogP contribution in [0.4, 0.5) is 0 Å². The van der Waals surface area contributed by atoms with E-state index in [1.54, 1.807) is 25.1 Å². The molecule has 1 aliphatic rings. The number of hydrogen-bond acceptors (Lipinski definition) is 4. The first kappa shape index (κ1) is 16.3. The Morgan fingerprint density at radius 3 is 2.62 bits per heavy atom. The monoisotopic (exact) mass is 348 g/mol. The van der Waals surface area contributed by atoms with Crippen molar-refractivity contribution in [1.29, 1.82) is 0 Å². The van der Waals surface area contributed by atoms with Gasteiger partial charge in [-0.05, 0) is 31.0 Å². The standard InChI is InChI=1S/C13H14Cl2N2O3S/c1-8(9-2-3-11(14)12(15)6-9)16-17-13(18)10-4-5-21(19,20)7-10/h2-3,6,10H,4-5,7H2,1H3,(H,17,18)/b16-8-/t10-/m1/s1. The maximum Gasteiger partial charge on any atom is 0.244 e. The summed E-state index contributed by atoms with van der Waals surface area (Å²) in [5.41, 5.74) is 3.69. The van der Waals surface area contributed by atoms with E-state index in [4.69, 9.17) is 23.2 Å². The van der Waals surface area contributed by atoms with Crippen LogP contribution in [-0.4, -0.2) is 31.5 Å². The van der Waals surface area contributed by atoms with Gasteiger partial charge in [0.25, 0.3) is 0 Å². The van der Waals surface area contributed by atoms with E-state index in [0.29, 0.717) is 22.2 Å². The molecule has 8 heteroatoms. The summed E-state index contributed by atoms with van der Waals surface area (Å²) in [6, 6.07) is 5.03. The van der Waals surface area contributed by atoms with Gasteiger partial charge < -0.3 is 0 Å². The molecular weight excluding hydrogens is 335 g/mol. The van der Waals surface area contributed by atoms with Gasteiger partial charge in [-0.1, -0.05) is 29.3 Å². The highest BCUT2D eigenvalue weighted by Gasteiger charge is 2.32. The largest absolute Gasteiger partial charge is 0.273 e. The molecule has 1 atom stereocenters. The van der Waals surface area contributed by atoms with Gasteiger partial charge >= 0.3 is 0 Å². The Labute approximate surface area is 133 Å². The minimum atomic E-state index is -3.08. The Kier molecular flexibility index (Phi) is 4.91. The molecule has 0 bridgehead atoms. The normalized spacial score (nSPS) is 21.3. The Bertz CT molecular complexity index is 701. The predicted molar refractivity (Wildman–Crippen MR) is 83.6 cm³/mol. The maximum atomic E-state index is 11.9. The zero-order valence-corrected chi connectivity index (χ0v) is 13.6. The van der Waals surface area contributed by atoms with Crippen molar-refractivity contribution in [2.45, 2.75) is 13.3 Å². The first-order chi connectivity index (χ1) is 9.78. The third kappa shape index (κ3) is 4.18. The van der Waals surface area contributed by atoms with E-state index < -0.39 is 15.8 Å². The minimum absolute atomic E-state index is 0.0561. The van der Waals surface area contributed by atoms with Crippen LogP contribution in [0.15, 0.2) is 23.3 Å². The second-order valence-electron chi connectivity index (χ2n) is 4.90. The summed E-state index contributed by atoms with van der Waals surface area (Å²) in [5, 5.41) is 4.82. The fourth-order valence-electron chi connectivity index (χ4n) is 2.02. The third-order valence-electron chi connectivity index (χ3n) is 3.27. The first-order valence-electron chi connectivity index (χ1n) is 6.28. The zero-order chi connectivity index (χ0) is 15.6. The SMILES string of the molecule is C/C(=N/NC(=O)[C@@H]1CCS(=O)(=O)C1)c1ccc(Cl)c(Cl)c1. The van der Waals surface area contributed by atoms with Crippen LogP contribution < -0.4 is 5.43 Å². The third-order valence-corrected chi connectivity index (χ3v) is 5.78. The van der Waals surface area contributed by atoms with Crippen molar-refractivity contribution >= 4 is 44.7 Å². The molecule has 1 amide bonds. The van der Waals surface area contributed by atoms with Crippen LogP contribution in [0.5, 0.6) is 0 Å². The Morgan fingerprint density at radius 2 is 2.05 bits per heavy atom. The van der Waals surface area contributed by atoms with E-state index in [1.165, 1.54) is 0 Å². The zero-order valence-electron chi connectivity index (χ0n) is 11.3. The van der Waals surface area contributed by atoms with Gasteiger partial charge in [-0.3, -0.25) is 4.79 Å². The second-order valence-corrected chi connectivity index (χ2v) is 7.95. The molecule has 0 saturated carbocycles. The smallest absolute Gasteiger partial charge is 0.244 e. The van der Waals surface area contributed by atoms with Crippen LogP contribution in [0.3, 0.4) is 0 Å². The van der Waals surface area contributed by atoms with E-state index in [2.05, 4.69) is 10.5 Å². The lowest BCUT2D eigenvalue weighted by atomic mass is 10.1. The van der Waals surface area contributed by atoms with Crippen LogP contribution in [0.1, 0.15) is 18.9 Å². The molecule has 1 aliphatic heterocycles. The Hall–Kier alpha value is -1.11. The van der Waals surface area contributed by atoms with Crippen molar-refractivity contribution in [3.8, 4) is 0 Å². The van der Waals surface area contributed by atoms with Gasteiger partial charge in [-0.2, -0.15) is 5.10 Å². The van der Waals surface area contributed by atoms with Crippen molar-refractivity contribution in [1.82, 2.24) is 5.43 Å². The number of rotatable bonds is 3. The van der Waals surface area contributed by atoms with Gasteiger partial charge in [-0.25, -0.2) is 13.8 Å². The van der Waals surface area contributed by atoms with Crippen LogP contribution in [0.2, 0.25) is 10.0 Å². The molecule has 0 spiro atoms. The molecule has 1 aromatic carbocycles. The van der Waals surface area contributed by atoms with Gasteiger partial charge in [0.15, 0.2) is 9.84 Å². The van der Waals surface area contributed by atoms with Crippen molar-refractivity contribution in [3.63, 3.8) is 0 Å². The molecule has 1 fully saturated rings. The summed E-state index contributed by atoms with van der Waals surface area (Å²) in [6.07, 6.45) is 0.343. The average Bonchev–Trinajstić information content (AvgIpc) is 2.79. The molecule has 0 unspecified atom stereocenters. The van der Waals surface area contributed by atoms with Crippen LogP contribution in [0.25, 0.3) is 0 Å². The lowest BCUT2D eigenvalue weighted by Gasteiger charge is -2.07. The molecule has 1 saturated heterocycles. The average molecular weight is 349 g/mol. The van der Waals surface area contributed by atoms with Crippen molar-refractivity contribution in [3.05, 3.63) is 33.8 Å². The number of nitrogens with zero attached hydrogens (tertiary/aromatic N) is 1. The van der Waals surface area contributed by atoms with Crippen LogP contribution >= 0.6 is 23.2 Å². The number of benzene rings is 1. The molecule has 0 aliphatic carbocycles. The highest BCUT2D eigenvalue weighted by atomic mass is 35.5. The summed E-state index contributed by atoms with van der Waals surface area (Å²) >= 11 is 11.7. The highest BCUT2D eigenvalue weighted by molar-refractivity contribution is 7.91. The van der Waals surface area contributed by atoms with Crippen LogP contribution in [0, 0.1) is 5.92 Å². The predicted octanol–water partition coefficient (Wildman–Crippen LogP) is 2.27. The number of sulfone groups is 1. The Morgan fingerprint density at radius 1 is 1.33 bits per heavy atom. The fourth-order valence-corrected chi connectivity index (χ4v) is 4.06. The molecule has 1 N–H and O–H groups in total. The molecule has 21 heavy (non-hydrogen) atoms. The summed E-state index contributed by atoms with van der Waals surface area (Å²) in [7, 11) is -3.08. The van der Waals surface area contributed by atoms with E-state index in [0.717, 1.165) is 5.56 Å². The molecule has 114 valence electrons.